The number of hydrogen-bond acceptors (Lipinski definition) is 1. The van der Waals surface area contributed by atoms with Gasteiger partial charge in [-0.2, -0.15) is 26.3 Å². The van der Waals surface area contributed by atoms with Gasteiger partial charge in [-0.15, -0.1) is 0 Å². The van der Waals surface area contributed by atoms with Crippen molar-refractivity contribution in [3.63, 3.8) is 0 Å². The minimum atomic E-state index is -5.46. The van der Waals surface area contributed by atoms with Crippen LogP contribution < -0.4 is 0 Å². The van der Waals surface area contributed by atoms with Crippen molar-refractivity contribution in [1.29, 1.82) is 0 Å². The molecule has 0 heterocycles. The summed E-state index contributed by atoms with van der Waals surface area (Å²) in [4.78, 5) is 0. The summed E-state index contributed by atoms with van der Waals surface area (Å²) in [5.41, 5.74) is 0. The number of aliphatic hydroxyl groups is 1. The lowest BCUT2D eigenvalue weighted by molar-refractivity contribution is -0.306. The zero-order valence-electron chi connectivity index (χ0n) is 9.41. The number of aliphatic hydroxyl groups excluding tert-OH is 1. The molecular formula is C10H16F6O. The van der Waals surface area contributed by atoms with Crippen molar-refractivity contribution in [1.82, 2.24) is 0 Å². The first-order valence-electron chi connectivity index (χ1n) is 5.42. The molecular weight excluding hydrogens is 250 g/mol. The van der Waals surface area contributed by atoms with E-state index in [0.717, 1.165) is 12.8 Å². The Morgan fingerprint density at radius 1 is 0.882 bits per heavy atom. The Morgan fingerprint density at radius 2 is 1.35 bits per heavy atom. The second-order valence-electron chi connectivity index (χ2n) is 3.98. The molecule has 0 aromatic heterocycles. The Labute approximate surface area is 95.8 Å². The zero-order valence-corrected chi connectivity index (χ0v) is 9.41. The SMILES string of the molecule is CCCCCCC(O)C(C(F)(F)F)C(F)(F)F. The predicted octanol–water partition coefficient (Wildman–Crippen LogP) is 4.06. The van der Waals surface area contributed by atoms with Gasteiger partial charge in [0.15, 0.2) is 5.92 Å². The maximum Gasteiger partial charge on any atom is 0.403 e. The Kier molecular flexibility index (Phi) is 6.29. The molecule has 0 aromatic rings. The van der Waals surface area contributed by atoms with Gasteiger partial charge < -0.3 is 5.11 Å². The fourth-order valence-electron chi connectivity index (χ4n) is 1.57. The van der Waals surface area contributed by atoms with Crippen LogP contribution in [0.1, 0.15) is 39.0 Å². The van der Waals surface area contributed by atoms with Crippen molar-refractivity contribution in [2.45, 2.75) is 57.5 Å². The lowest BCUT2D eigenvalue weighted by Crippen LogP contribution is -2.44. The van der Waals surface area contributed by atoms with Crippen LogP contribution in [0.2, 0.25) is 0 Å². The van der Waals surface area contributed by atoms with Crippen LogP contribution in [-0.2, 0) is 0 Å². The lowest BCUT2D eigenvalue weighted by Gasteiger charge is -2.27. The number of alkyl halides is 6. The summed E-state index contributed by atoms with van der Waals surface area (Å²) in [6.07, 6.45) is -11.6. The molecule has 0 spiro atoms. The third-order valence-corrected chi connectivity index (χ3v) is 2.44. The van der Waals surface area contributed by atoms with E-state index in [-0.39, 0.29) is 6.42 Å². The summed E-state index contributed by atoms with van der Waals surface area (Å²) in [5, 5.41) is 9.04. The summed E-state index contributed by atoms with van der Waals surface area (Å²) in [5.74, 6) is -3.64. The molecule has 0 radical (unpaired) electrons. The predicted molar refractivity (Wildman–Crippen MR) is 50.4 cm³/mol. The molecule has 0 rings (SSSR count). The summed E-state index contributed by atoms with van der Waals surface area (Å²) in [7, 11) is 0. The number of rotatable bonds is 6. The topological polar surface area (TPSA) is 20.2 Å². The van der Waals surface area contributed by atoms with Crippen molar-refractivity contribution < 1.29 is 31.4 Å². The third-order valence-electron chi connectivity index (χ3n) is 2.44. The number of unbranched alkanes of at least 4 members (excludes halogenated alkanes) is 3. The fourth-order valence-corrected chi connectivity index (χ4v) is 1.57. The van der Waals surface area contributed by atoms with E-state index >= 15 is 0 Å². The maximum atomic E-state index is 12.2. The minimum Gasteiger partial charge on any atom is -0.392 e. The molecule has 1 N–H and O–H groups in total. The highest BCUT2D eigenvalue weighted by atomic mass is 19.4. The highest BCUT2D eigenvalue weighted by Gasteiger charge is 2.59. The molecule has 0 aliphatic rings. The van der Waals surface area contributed by atoms with Crippen LogP contribution in [0.4, 0.5) is 26.3 Å². The van der Waals surface area contributed by atoms with Crippen LogP contribution in [0.25, 0.3) is 0 Å². The molecule has 0 aliphatic carbocycles. The largest absolute Gasteiger partial charge is 0.403 e. The standard InChI is InChI=1S/C10H16F6O/c1-2-3-4-5-6-7(17)8(9(11,12)13)10(14,15)16/h7-8,17H,2-6H2,1H3. The quantitative estimate of drug-likeness (QED) is 0.568. The first kappa shape index (κ1) is 16.5. The third kappa shape index (κ3) is 6.14. The van der Waals surface area contributed by atoms with Gasteiger partial charge in [-0.3, -0.25) is 0 Å². The van der Waals surface area contributed by atoms with Gasteiger partial charge in [0.2, 0.25) is 0 Å². The monoisotopic (exact) mass is 266 g/mol. The van der Waals surface area contributed by atoms with Gasteiger partial charge in [-0.25, -0.2) is 0 Å². The van der Waals surface area contributed by atoms with Crippen LogP contribution in [0.15, 0.2) is 0 Å². The van der Waals surface area contributed by atoms with E-state index < -0.39 is 30.8 Å². The Hall–Kier alpha value is -0.460. The summed E-state index contributed by atoms with van der Waals surface area (Å²) < 4.78 is 73.0. The van der Waals surface area contributed by atoms with E-state index in [1.54, 1.807) is 0 Å². The first-order chi connectivity index (χ1) is 7.60. The smallest absolute Gasteiger partial charge is 0.392 e. The molecule has 0 amide bonds. The lowest BCUT2D eigenvalue weighted by atomic mass is 9.96. The van der Waals surface area contributed by atoms with Crippen LogP contribution >= 0.6 is 0 Å². The van der Waals surface area contributed by atoms with E-state index in [4.69, 9.17) is 5.11 Å². The number of hydrogen-bond donors (Lipinski definition) is 1. The van der Waals surface area contributed by atoms with Crippen molar-refractivity contribution in [3.8, 4) is 0 Å². The van der Waals surface area contributed by atoms with Crippen molar-refractivity contribution in [2.24, 2.45) is 5.92 Å². The molecule has 7 heteroatoms. The van der Waals surface area contributed by atoms with Gasteiger partial charge in [0.05, 0.1) is 6.10 Å². The van der Waals surface area contributed by atoms with Crippen LogP contribution in [0.5, 0.6) is 0 Å². The highest BCUT2D eigenvalue weighted by Crippen LogP contribution is 2.42. The van der Waals surface area contributed by atoms with Crippen LogP contribution in [0.3, 0.4) is 0 Å². The van der Waals surface area contributed by atoms with Gasteiger partial charge in [0.25, 0.3) is 0 Å². The zero-order chi connectivity index (χ0) is 13.7. The average molecular weight is 266 g/mol. The van der Waals surface area contributed by atoms with E-state index in [1.165, 1.54) is 0 Å². The second kappa shape index (κ2) is 6.47. The Balaban J connectivity index is 4.41. The Bertz CT molecular complexity index is 196. The van der Waals surface area contributed by atoms with Gasteiger partial charge in [-0.1, -0.05) is 32.6 Å². The molecule has 0 saturated carbocycles. The second-order valence-corrected chi connectivity index (χ2v) is 3.98. The molecule has 1 nitrogen and oxygen atoms in total. The normalized spacial score (nSPS) is 15.4. The molecule has 0 aliphatic heterocycles. The summed E-state index contributed by atoms with van der Waals surface area (Å²) in [6, 6.07) is 0. The molecule has 1 unspecified atom stereocenters. The molecule has 17 heavy (non-hydrogen) atoms. The maximum absolute atomic E-state index is 12.2. The van der Waals surface area contributed by atoms with E-state index in [2.05, 4.69) is 0 Å². The molecule has 0 saturated heterocycles. The summed E-state index contributed by atoms with van der Waals surface area (Å²) >= 11 is 0. The van der Waals surface area contributed by atoms with Gasteiger partial charge >= 0.3 is 12.4 Å². The highest BCUT2D eigenvalue weighted by molar-refractivity contribution is 4.82. The van der Waals surface area contributed by atoms with E-state index in [1.807, 2.05) is 6.92 Å². The van der Waals surface area contributed by atoms with E-state index in [0.29, 0.717) is 6.42 Å². The molecule has 104 valence electrons. The van der Waals surface area contributed by atoms with Crippen molar-refractivity contribution in [2.75, 3.05) is 0 Å². The van der Waals surface area contributed by atoms with E-state index in [9.17, 15) is 26.3 Å². The fraction of sp³-hybridized carbons (Fsp3) is 1.00. The molecule has 1 atom stereocenters. The number of halogens is 6. The Morgan fingerprint density at radius 3 is 1.71 bits per heavy atom. The van der Waals surface area contributed by atoms with Gasteiger partial charge in [-0.05, 0) is 6.42 Å². The minimum absolute atomic E-state index is 0.164. The first-order valence-corrected chi connectivity index (χ1v) is 5.42. The van der Waals surface area contributed by atoms with Crippen LogP contribution in [0, 0.1) is 5.92 Å². The average Bonchev–Trinajstić information content (AvgIpc) is 2.07. The summed E-state index contributed by atoms with van der Waals surface area (Å²) in [6.45, 7) is 1.87. The van der Waals surface area contributed by atoms with Crippen molar-refractivity contribution >= 4 is 0 Å². The van der Waals surface area contributed by atoms with Crippen LogP contribution in [-0.4, -0.2) is 23.6 Å². The molecule has 0 bridgehead atoms. The van der Waals surface area contributed by atoms with Gasteiger partial charge in [0.1, 0.15) is 0 Å². The van der Waals surface area contributed by atoms with Crippen molar-refractivity contribution in [3.05, 3.63) is 0 Å². The van der Waals surface area contributed by atoms with Gasteiger partial charge in [0, 0.05) is 0 Å². The molecule has 0 fully saturated rings. The molecule has 0 aromatic carbocycles.